The second-order valence-electron chi connectivity index (χ2n) is 5.51. The van der Waals surface area contributed by atoms with E-state index in [9.17, 15) is 0 Å². The highest BCUT2D eigenvalue weighted by atomic mass is 32.2. The van der Waals surface area contributed by atoms with Crippen LogP contribution in [-0.2, 0) is 0 Å². The standard InChI is InChI=1S/C15H31NOS/c1-3-6-13-7-8-14(16-9-4-2)15(12-13)18-11-5-10-17/h13-17H,3-12H2,1-2H3. The second-order valence-corrected chi connectivity index (χ2v) is 6.86. The van der Waals surface area contributed by atoms with E-state index in [0.29, 0.717) is 12.6 Å². The Hall–Kier alpha value is 0.270. The Kier molecular flexibility index (Phi) is 9.16. The Bertz CT molecular complexity index is 201. The first-order chi connectivity index (χ1) is 8.81. The van der Waals surface area contributed by atoms with Crippen LogP contribution >= 0.6 is 11.8 Å². The summed E-state index contributed by atoms with van der Waals surface area (Å²) in [6.45, 7) is 6.03. The van der Waals surface area contributed by atoms with E-state index in [0.717, 1.165) is 29.9 Å². The van der Waals surface area contributed by atoms with Gasteiger partial charge in [0.1, 0.15) is 0 Å². The van der Waals surface area contributed by atoms with E-state index in [-0.39, 0.29) is 0 Å². The predicted octanol–water partition coefficient (Wildman–Crippen LogP) is 3.44. The Morgan fingerprint density at radius 1 is 1.22 bits per heavy atom. The summed E-state index contributed by atoms with van der Waals surface area (Å²) in [5, 5.41) is 13.4. The first-order valence-corrected chi connectivity index (χ1v) is 8.82. The third kappa shape index (κ3) is 5.94. The van der Waals surface area contributed by atoms with E-state index in [4.69, 9.17) is 5.11 Å². The van der Waals surface area contributed by atoms with Crippen molar-refractivity contribution in [2.75, 3.05) is 18.9 Å². The number of aliphatic hydroxyl groups is 1. The quantitative estimate of drug-likeness (QED) is 0.631. The molecule has 2 N–H and O–H groups in total. The molecular formula is C15H31NOS. The average Bonchev–Trinajstić information content (AvgIpc) is 2.38. The molecule has 0 amide bonds. The van der Waals surface area contributed by atoms with Gasteiger partial charge in [-0.25, -0.2) is 0 Å². The van der Waals surface area contributed by atoms with Gasteiger partial charge in [-0.05, 0) is 50.3 Å². The molecule has 0 aromatic heterocycles. The number of hydrogen-bond donors (Lipinski definition) is 2. The highest BCUT2D eigenvalue weighted by Gasteiger charge is 2.29. The fourth-order valence-corrected chi connectivity index (χ4v) is 4.40. The van der Waals surface area contributed by atoms with Gasteiger partial charge in [-0.3, -0.25) is 0 Å². The summed E-state index contributed by atoms with van der Waals surface area (Å²) in [6, 6.07) is 0.710. The van der Waals surface area contributed by atoms with Gasteiger partial charge in [0.2, 0.25) is 0 Å². The van der Waals surface area contributed by atoms with Gasteiger partial charge in [-0.2, -0.15) is 11.8 Å². The third-order valence-electron chi connectivity index (χ3n) is 3.89. The Balaban J connectivity index is 2.38. The molecule has 2 nitrogen and oxygen atoms in total. The third-order valence-corrected chi connectivity index (χ3v) is 5.36. The molecular weight excluding hydrogens is 242 g/mol. The van der Waals surface area contributed by atoms with E-state index in [1.165, 1.54) is 38.5 Å². The van der Waals surface area contributed by atoms with Crippen LogP contribution in [0.15, 0.2) is 0 Å². The maximum atomic E-state index is 8.91. The Morgan fingerprint density at radius 3 is 2.72 bits per heavy atom. The van der Waals surface area contributed by atoms with Gasteiger partial charge in [-0.1, -0.05) is 26.7 Å². The van der Waals surface area contributed by atoms with Crippen molar-refractivity contribution in [2.45, 2.75) is 70.1 Å². The number of nitrogens with one attached hydrogen (secondary N) is 1. The van der Waals surface area contributed by atoms with Gasteiger partial charge < -0.3 is 10.4 Å². The van der Waals surface area contributed by atoms with E-state index < -0.39 is 0 Å². The first kappa shape index (κ1) is 16.3. The molecule has 3 heteroatoms. The van der Waals surface area contributed by atoms with Crippen LogP contribution in [0.1, 0.15) is 58.8 Å². The van der Waals surface area contributed by atoms with Gasteiger partial charge >= 0.3 is 0 Å². The summed E-state index contributed by atoms with van der Waals surface area (Å²) in [6.07, 6.45) is 9.03. The van der Waals surface area contributed by atoms with Crippen molar-refractivity contribution in [1.29, 1.82) is 0 Å². The molecule has 0 bridgehead atoms. The molecule has 0 heterocycles. The van der Waals surface area contributed by atoms with Crippen LogP contribution in [0, 0.1) is 5.92 Å². The van der Waals surface area contributed by atoms with Crippen molar-refractivity contribution in [3.05, 3.63) is 0 Å². The molecule has 1 rings (SSSR count). The number of aliphatic hydroxyl groups excluding tert-OH is 1. The molecule has 1 fully saturated rings. The minimum absolute atomic E-state index is 0.338. The maximum Gasteiger partial charge on any atom is 0.0438 e. The van der Waals surface area contributed by atoms with Crippen LogP contribution in [0.5, 0.6) is 0 Å². The van der Waals surface area contributed by atoms with Crippen molar-refractivity contribution in [1.82, 2.24) is 5.32 Å². The van der Waals surface area contributed by atoms with Gasteiger partial charge in [0.05, 0.1) is 0 Å². The Morgan fingerprint density at radius 2 is 2.06 bits per heavy atom. The van der Waals surface area contributed by atoms with Crippen LogP contribution in [-0.4, -0.2) is 35.3 Å². The van der Waals surface area contributed by atoms with Gasteiger partial charge in [0, 0.05) is 17.9 Å². The molecule has 1 saturated carbocycles. The van der Waals surface area contributed by atoms with E-state index in [1.807, 2.05) is 0 Å². The SMILES string of the molecule is CCCNC1CCC(CCC)CC1SCCCO. The summed E-state index contributed by atoms with van der Waals surface area (Å²) < 4.78 is 0. The molecule has 1 aliphatic rings. The van der Waals surface area contributed by atoms with Gasteiger partial charge in [-0.15, -0.1) is 0 Å². The van der Waals surface area contributed by atoms with Crippen molar-refractivity contribution in [3.63, 3.8) is 0 Å². The minimum Gasteiger partial charge on any atom is -0.396 e. The van der Waals surface area contributed by atoms with E-state index >= 15 is 0 Å². The van der Waals surface area contributed by atoms with Gasteiger partial charge in [0.25, 0.3) is 0 Å². The zero-order chi connectivity index (χ0) is 13.2. The zero-order valence-corrected chi connectivity index (χ0v) is 13.0. The summed E-state index contributed by atoms with van der Waals surface area (Å²) in [7, 11) is 0. The molecule has 18 heavy (non-hydrogen) atoms. The van der Waals surface area contributed by atoms with Crippen molar-refractivity contribution in [2.24, 2.45) is 5.92 Å². The molecule has 0 saturated heterocycles. The molecule has 0 spiro atoms. The number of thioether (sulfide) groups is 1. The molecule has 0 aliphatic heterocycles. The summed E-state index contributed by atoms with van der Waals surface area (Å²) >= 11 is 2.09. The molecule has 3 atom stereocenters. The highest BCUT2D eigenvalue weighted by molar-refractivity contribution is 7.99. The Labute approximate surface area is 117 Å². The van der Waals surface area contributed by atoms with Gasteiger partial charge in [0.15, 0.2) is 0 Å². The fraction of sp³-hybridized carbons (Fsp3) is 1.00. The minimum atomic E-state index is 0.338. The normalized spacial score (nSPS) is 28.5. The molecule has 0 radical (unpaired) electrons. The molecule has 0 aromatic rings. The van der Waals surface area contributed by atoms with E-state index in [2.05, 4.69) is 30.9 Å². The van der Waals surface area contributed by atoms with Crippen LogP contribution < -0.4 is 5.32 Å². The summed E-state index contributed by atoms with van der Waals surface area (Å²) in [4.78, 5) is 0. The van der Waals surface area contributed by atoms with Crippen LogP contribution in [0.2, 0.25) is 0 Å². The second kappa shape index (κ2) is 10.1. The summed E-state index contributed by atoms with van der Waals surface area (Å²) in [5.74, 6) is 2.06. The van der Waals surface area contributed by atoms with Crippen LogP contribution in [0.4, 0.5) is 0 Å². The monoisotopic (exact) mass is 273 g/mol. The highest BCUT2D eigenvalue weighted by Crippen LogP contribution is 2.35. The fourth-order valence-electron chi connectivity index (χ4n) is 2.93. The predicted molar refractivity (Wildman–Crippen MR) is 82.3 cm³/mol. The lowest BCUT2D eigenvalue weighted by Gasteiger charge is -2.36. The number of hydrogen-bond acceptors (Lipinski definition) is 3. The van der Waals surface area contributed by atoms with E-state index in [1.54, 1.807) is 0 Å². The smallest absolute Gasteiger partial charge is 0.0438 e. The topological polar surface area (TPSA) is 32.3 Å². The van der Waals surface area contributed by atoms with Crippen molar-refractivity contribution < 1.29 is 5.11 Å². The molecule has 3 unspecified atom stereocenters. The lowest BCUT2D eigenvalue weighted by atomic mass is 9.83. The van der Waals surface area contributed by atoms with Crippen LogP contribution in [0.25, 0.3) is 0 Å². The van der Waals surface area contributed by atoms with Crippen LogP contribution in [0.3, 0.4) is 0 Å². The average molecular weight is 273 g/mol. The number of rotatable bonds is 9. The lowest BCUT2D eigenvalue weighted by Crippen LogP contribution is -2.43. The zero-order valence-electron chi connectivity index (χ0n) is 12.2. The lowest BCUT2D eigenvalue weighted by molar-refractivity contribution is 0.285. The molecule has 108 valence electrons. The summed E-state index contributed by atoms with van der Waals surface area (Å²) in [5.41, 5.74) is 0. The maximum absolute atomic E-state index is 8.91. The first-order valence-electron chi connectivity index (χ1n) is 7.77. The molecule has 0 aromatic carbocycles. The molecule has 1 aliphatic carbocycles. The van der Waals surface area contributed by atoms with Crippen molar-refractivity contribution in [3.8, 4) is 0 Å². The van der Waals surface area contributed by atoms with Crippen molar-refractivity contribution >= 4 is 11.8 Å². The largest absolute Gasteiger partial charge is 0.396 e.